The van der Waals surface area contributed by atoms with E-state index in [-0.39, 0.29) is 0 Å². The van der Waals surface area contributed by atoms with Gasteiger partial charge in [0.1, 0.15) is 11.6 Å². The molecule has 2 aromatic heterocycles. The fraction of sp³-hybridized carbons (Fsp3) is 0.294. The van der Waals surface area contributed by atoms with Gasteiger partial charge < -0.3 is 15.2 Å². The molecule has 0 radical (unpaired) electrons. The van der Waals surface area contributed by atoms with Crippen LogP contribution in [0.5, 0.6) is 0 Å². The van der Waals surface area contributed by atoms with Gasteiger partial charge >= 0.3 is 0 Å². The highest BCUT2D eigenvalue weighted by Gasteiger charge is 2.06. The van der Waals surface area contributed by atoms with Crippen LogP contribution in [0.15, 0.2) is 42.6 Å². The number of aromatic nitrogens is 3. The van der Waals surface area contributed by atoms with Crippen molar-refractivity contribution in [2.24, 2.45) is 0 Å². The number of hydrogen-bond acceptors (Lipinski definition) is 4. The molecule has 5 nitrogen and oxygen atoms in total. The standard InChI is InChI=1S/C17H21N5/c1-22(2)11-5-9-18-16-12-13(8-10-19-16)17-20-14-6-3-4-7-15(14)21-17/h3-4,6-8,10,12H,5,9,11H2,1-2H3,(H,18,19)(H,20,21). The number of aromatic amines is 1. The maximum atomic E-state index is 4.63. The zero-order valence-electron chi connectivity index (χ0n) is 13.0. The first-order valence-corrected chi connectivity index (χ1v) is 7.52. The predicted octanol–water partition coefficient (Wildman–Crippen LogP) is 2.99. The third kappa shape index (κ3) is 3.43. The van der Waals surface area contributed by atoms with Gasteiger partial charge in [0.15, 0.2) is 0 Å². The number of H-pyrrole nitrogens is 1. The second-order valence-corrected chi connectivity index (χ2v) is 5.62. The van der Waals surface area contributed by atoms with Gasteiger partial charge in [0.25, 0.3) is 0 Å². The Hall–Kier alpha value is -2.40. The summed E-state index contributed by atoms with van der Waals surface area (Å²) in [4.78, 5) is 14.5. The summed E-state index contributed by atoms with van der Waals surface area (Å²) >= 11 is 0. The number of pyridine rings is 1. The molecule has 0 bridgehead atoms. The number of hydrogen-bond donors (Lipinski definition) is 2. The molecule has 0 amide bonds. The van der Waals surface area contributed by atoms with Gasteiger partial charge in [-0.05, 0) is 51.3 Å². The Morgan fingerprint density at radius 3 is 2.86 bits per heavy atom. The van der Waals surface area contributed by atoms with E-state index in [1.165, 1.54) is 0 Å². The first-order valence-electron chi connectivity index (χ1n) is 7.52. The zero-order valence-corrected chi connectivity index (χ0v) is 13.0. The van der Waals surface area contributed by atoms with E-state index in [4.69, 9.17) is 0 Å². The second kappa shape index (κ2) is 6.58. The summed E-state index contributed by atoms with van der Waals surface area (Å²) in [5.41, 5.74) is 3.07. The van der Waals surface area contributed by atoms with E-state index in [1.54, 1.807) is 0 Å². The summed E-state index contributed by atoms with van der Waals surface area (Å²) in [5.74, 6) is 1.76. The van der Waals surface area contributed by atoms with Gasteiger partial charge in [0, 0.05) is 18.3 Å². The minimum absolute atomic E-state index is 0.875. The first-order chi connectivity index (χ1) is 10.7. The number of fused-ring (bicyclic) bond motifs is 1. The van der Waals surface area contributed by atoms with E-state index >= 15 is 0 Å². The molecule has 2 N–H and O–H groups in total. The zero-order chi connectivity index (χ0) is 15.4. The number of benzene rings is 1. The molecule has 3 rings (SSSR count). The van der Waals surface area contributed by atoms with Crippen LogP contribution >= 0.6 is 0 Å². The molecule has 0 aliphatic heterocycles. The number of anilines is 1. The summed E-state index contributed by atoms with van der Waals surface area (Å²) in [6.45, 7) is 1.98. The molecule has 0 atom stereocenters. The maximum absolute atomic E-state index is 4.63. The largest absolute Gasteiger partial charge is 0.370 e. The molecule has 1 aromatic carbocycles. The summed E-state index contributed by atoms with van der Waals surface area (Å²) < 4.78 is 0. The monoisotopic (exact) mass is 295 g/mol. The van der Waals surface area contributed by atoms with Crippen LogP contribution in [0.1, 0.15) is 6.42 Å². The molecule has 5 heteroatoms. The van der Waals surface area contributed by atoms with Gasteiger partial charge in [0.05, 0.1) is 11.0 Å². The molecular formula is C17H21N5. The average Bonchev–Trinajstić information content (AvgIpc) is 2.96. The van der Waals surface area contributed by atoms with Crippen LogP contribution in [0.25, 0.3) is 22.4 Å². The molecule has 114 valence electrons. The number of nitrogens with one attached hydrogen (secondary N) is 2. The van der Waals surface area contributed by atoms with E-state index in [0.29, 0.717) is 0 Å². The van der Waals surface area contributed by atoms with Crippen LogP contribution in [-0.2, 0) is 0 Å². The minimum atomic E-state index is 0.875. The molecule has 0 spiro atoms. The highest BCUT2D eigenvalue weighted by Crippen LogP contribution is 2.21. The molecule has 22 heavy (non-hydrogen) atoms. The lowest BCUT2D eigenvalue weighted by molar-refractivity contribution is 0.405. The molecule has 0 fully saturated rings. The Bertz CT molecular complexity index is 714. The molecule has 0 unspecified atom stereocenters. The Kier molecular flexibility index (Phi) is 4.34. The second-order valence-electron chi connectivity index (χ2n) is 5.62. The quantitative estimate of drug-likeness (QED) is 0.686. The number of imidazole rings is 1. The highest BCUT2D eigenvalue weighted by molar-refractivity contribution is 5.79. The fourth-order valence-corrected chi connectivity index (χ4v) is 2.38. The van der Waals surface area contributed by atoms with Crippen LogP contribution < -0.4 is 5.32 Å². The smallest absolute Gasteiger partial charge is 0.138 e. The normalized spacial score (nSPS) is 11.2. The molecule has 0 saturated heterocycles. The van der Waals surface area contributed by atoms with Crippen molar-refractivity contribution in [1.82, 2.24) is 19.9 Å². The van der Waals surface area contributed by atoms with Crippen molar-refractivity contribution in [3.63, 3.8) is 0 Å². The van der Waals surface area contributed by atoms with Crippen LogP contribution in [0.2, 0.25) is 0 Å². The van der Waals surface area contributed by atoms with Gasteiger partial charge in [-0.25, -0.2) is 9.97 Å². The Morgan fingerprint density at radius 1 is 1.18 bits per heavy atom. The minimum Gasteiger partial charge on any atom is -0.370 e. The molecule has 0 aliphatic rings. The van der Waals surface area contributed by atoms with Crippen LogP contribution in [0.4, 0.5) is 5.82 Å². The Balaban J connectivity index is 1.73. The van der Waals surface area contributed by atoms with E-state index < -0.39 is 0 Å². The summed E-state index contributed by atoms with van der Waals surface area (Å²) in [6.07, 6.45) is 2.90. The first kappa shape index (κ1) is 14.5. The number of para-hydroxylation sites is 2. The number of nitrogens with zero attached hydrogens (tertiary/aromatic N) is 3. The van der Waals surface area contributed by atoms with Crippen molar-refractivity contribution in [3.05, 3.63) is 42.6 Å². The van der Waals surface area contributed by atoms with Crippen molar-refractivity contribution in [2.75, 3.05) is 32.5 Å². The fourth-order valence-electron chi connectivity index (χ4n) is 2.38. The van der Waals surface area contributed by atoms with Gasteiger partial charge in [-0.3, -0.25) is 0 Å². The third-order valence-corrected chi connectivity index (χ3v) is 3.51. The highest BCUT2D eigenvalue weighted by atomic mass is 15.1. The van der Waals surface area contributed by atoms with E-state index in [2.05, 4.69) is 39.3 Å². The predicted molar refractivity (Wildman–Crippen MR) is 91.0 cm³/mol. The lowest BCUT2D eigenvalue weighted by atomic mass is 10.2. The average molecular weight is 295 g/mol. The lowest BCUT2D eigenvalue weighted by Crippen LogP contribution is -2.16. The molecule has 0 aliphatic carbocycles. The Labute approximate surface area is 130 Å². The Morgan fingerprint density at radius 2 is 2.05 bits per heavy atom. The third-order valence-electron chi connectivity index (χ3n) is 3.51. The van der Waals surface area contributed by atoms with Gasteiger partial charge in [0.2, 0.25) is 0 Å². The maximum Gasteiger partial charge on any atom is 0.138 e. The van der Waals surface area contributed by atoms with Gasteiger partial charge in [-0.1, -0.05) is 12.1 Å². The molecule has 2 heterocycles. The number of rotatable bonds is 6. The molecular weight excluding hydrogens is 274 g/mol. The van der Waals surface area contributed by atoms with E-state index in [0.717, 1.165) is 47.7 Å². The van der Waals surface area contributed by atoms with Gasteiger partial charge in [-0.15, -0.1) is 0 Å². The lowest BCUT2D eigenvalue weighted by Gasteiger charge is -2.10. The van der Waals surface area contributed by atoms with Crippen molar-refractivity contribution in [2.45, 2.75) is 6.42 Å². The molecule has 0 saturated carbocycles. The summed E-state index contributed by atoms with van der Waals surface area (Å²) in [5, 5.41) is 3.36. The summed E-state index contributed by atoms with van der Waals surface area (Å²) in [6, 6.07) is 12.1. The van der Waals surface area contributed by atoms with Crippen LogP contribution in [0, 0.1) is 0 Å². The van der Waals surface area contributed by atoms with Crippen molar-refractivity contribution in [1.29, 1.82) is 0 Å². The van der Waals surface area contributed by atoms with Crippen molar-refractivity contribution < 1.29 is 0 Å². The van der Waals surface area contributed by atoms with Crippen molar-refractivity contribution >= 4 is 16.9 Å². The van der Waals surface area contributed by atoms with Gasteiger partial charge in [-0.2, -0.15) is 0 Å². The van der Waals surface area contributed by atoms with E-state index in [9.17, 15) is 0 Å². The molecule has 3 aromatic rings. The summed E-state index contributed by atoms with van der Waals surface area (Å²) in [7, 11) is 4.17. The van der Waals surface area contributed by atoms with Crippen molar-refractivity contribution in [3.8, 4) is 11.4 Å². The SMILES string of the molecule is CN(C)CCCNc1cc(-c2nc3ccccc3[nH]2)ccn1. The van der Waals surface area contributed by atoms with Crippen LogP contribution in [0.3, 0.4) is 0 Å². The van der Waals surface area contributed by atoms with E-state index in [1.807, 2.05) is 42.6 Å². The van der Waals surface area contributed by atoms with Crippen LogP contribution in [-0.4, -0.2) is 47.0 Å². The topological polar surface area (TPSA) is 56.8 Å².